The first-order valence-corrected chi connectivity index (χ1v) is 7.29. The molecule has 2 heterocycles. The summed E-state index contributed by atoms with van der Waals surface area (Å²) in [5.41, 5.74) is 0.968. The van der Waals surface area contributed by atoms with Crippen LogP contribution in [0.5, 0.6) is 5.75 Å². The monoisotopic (exact) mass is 277 g/mol. The molecule has 0 fully saturated rings. The lowest BCUT2D eigenvalue weighted by Gasteiger charge is -2.05. The van der Waals surface area contributed by atoms with Gasteiger partial charge in [0.05, 0.1) is 11.9 Å². The van der Waals surface area contributed by atoms with Crippen molar-refractivity contribution in [3.05, 3.63) is 40.6 Å². The molecule has 5 heteroatoms. The van der Waals surface area contributed by atoms with Crippen LogP contribution in [0.1, 0.15) is 24.5 Å². The fraction of sp³-hybridized carbons (Fsp3) is 0.429. The van der Waals surface area contributed by atoms with Crippen molar-refractivity contribution in [2.24, 2.45) is 5.92 Å². The standard InChI is InChI=1S/C14H19N3OS/c1-11(2)6-16-8-14-17-12(10-19-14)9-18-13-4-3-5-15-7-13/h3-5,7,10-11,16H,6,8-9H2,1-2H3. The second-order valence-electron chi connectivity index (χ2n) is 4.73. The summed E-state index contributed by atoms with van der Waals surface area (Å²) in [5.74, 6) is 1.43. The summed E-state index contributed by atoms with van der Waals surface area (Å²) in [7, 11) is 0. The Labute approximate surface area is 117 Å². The molecule has 0 aliphatic rings. The molecule has 0 radical (unpaired) electrons. The Morgan fingerprint density at radius 1 is 1.42 bits per heavy atom. The Morgan fingerprint density at radius 3 is 3.05 bits per heavy atom. The van der Waals surface area contributed by atoms with Gasteiger partial charge in [0.1, 0.15) is 17.4 Å². The lowest BCUT2D eigenvalue weighted by atomic mass is 10.2. The molecule has 0 bridgehead atoms. The van der Waals surface area contributed by atoms with Crippen LogP contribution in [0.15, 0.2) is 29.9 Å². The number of rotatable bonds is 7. The number of nitrogens with zero attached hydrogens (tertiary/aromatic N) is 2. The van der Waals surface area contributed by atoms with E-state index >= 15 is 0 Å². The van der Waals surface area contributed by atoms with E-state index in [9.17, 15) is 0 Å². The van der Waals surface area contributed by atoms with E-state index < -0.39 is 0 Å². The molecule has 0 unspecified atom stereocenters. The molecule has 4 nitrogen and oxygen atoms in total. The Morgan fingerprint density at radius 2 is 2.32 bits per heavy atom. The minimum absolute atomic E-state index is 0.492. The average Bonchev–Trinajstić information content (AvgIpc) is 2.85. The summed E-state index contributed by atoms with van der Waals surface area (Å²) in [6.45, 7) is 6.73. The van der Waals surface area contributed by atoms with Crippen LogP contribution in [0.2, 0.25) is 0 Å². The normalized spacial score (nSPS) is 10.9. The van der Waals surface area contributed by atoms with Gasteiger partial charge in [-0.15, -0.1) is 11.3 Å². The zero-order chi connectivity index (χ0) is 13.5. The van der Waals surface area contributed by atoms with Crippen molar-refractivity contribution in [3.63, 3.8) is 0 Å². The third kappa shape index (κ3) is 4.96. The van der Waals surface area contributed by atoms with Gasteiger partial charge in [0.2, 0.25) is 0 Å². The van der Waals surface area contributed by atoms with E-state index in [-0.39, 0.29) is 0 Å². The molecule has 2 aromatic rings. The Kier molecular flexibility index (Phi) is 5.30. The van der Waals surface area contributed by atoms with Gasteiger partial charge in [-0.25, -0.2) is 4.98 Å². The van der Waals surface area contributed by atoms with Crippen molar-refractivity contribution < 1.29 is 4.74 Å². The highest BCUT2D eigenvalue weighted by molar-refractivity contribution is 7.09. The van der Waals surface area contributed by atoms with E-state index in [0.29, 0.717) is 12.5 Å². The highest BCUT2D eigenvalue weighted by atomic mass is 32.1. The quantitative estimate of drug-likeness (QED) is 0.845. The van der Waals surface area contributed by atoms with Gasteiger partial charge in [0.15, 0.2) is 0 Å². The minimum atomic E-state index is 0.492. The van der Waals surface area contributed by atoms with Crippen molar-refractivity contribution in [2.75, 3.05) is 6.54 Å². The number of ether oxygens (including phenoxy) is 1. The third-order valence-electron chi connectivity index (χ3n) is 2.45. The third-order valence-corrected chi connectivity index (χ3v) is 3.35. The van der Waals surface area contributed by atoms with E-state index in [0.717, 1.165) is 29.5 Å². The van der Waals surface area contributed by atoms with E-state index in [4.69, 9.17) is 4.74 Å². The van der Waals surface area contributed by atoms with Gasteiger partial charge in [-0.3, -0.25) is 4.98 Å². The van der Waals surface area contributed by atoms with Crippen LogP contribution in [-0.2, 0) is 13.2 Å². The van der Waals surface area contributed by atoms with E-state index in [1.54, 1.807) is 23.7 Å². The number of aromatic nitrogens is 2. The van der Waals surface area contributed by atoms with Crippen LogP contribution in [-0.4, -0.2) is 16.5 Å². The Hall–Kier alpha value is -1.46. The number of hydrogen-bond donors (Lipinski definition) is 1. The molecular formula is C14H19N3OS. The summed E-state index contributed by atoms with van der Waals surface area (Å²) < 4.78 is 5.61. The predicted molar refractivity (Wildman–Crippen MR) is 77.2 cm³/mol. The first kappa shape index (κ1) is 14.0. The largest absolute Gasteiger partial charge is 0.486 e. The molecule has 0 aliphatic carbocycles. The number of thiazole rings is 1. The molecule has 1 N–H and O–H groups in total. The van der Waals surface area contributed by atoms with Crippen LogP contribution >= 0.6 is 11.3 Å². The average molecular weight is 277 g/mol. The van der Waals surface area contributed by atoms with Gasteiger partial charge in [-0.2, -0.15) is 0 Å². The molecule has 102 valence electrons. The Balaban J connectivity index is 1.77. The zero-order valence-corrected chi connectivity index (χ0v) is 12.1. The highest BCUT2D eigenvalue weighted by Crippen LogP contribution is 2.13. The lowest BCUT2D eigenvalue weighted by Crippen LogP contribution is -2.18. The van der Waals surface area contributed by atoms with Crippen molar-refractivity contribution in [3.8, 4) is 5.75 Å². The molecule has 19 heavy (non-hydrogen) atoms. The van der Waals surface area contributed by atoms with Gasteiger partial charge in [0, 0.05) is 18.1 Å². The van der Waals surface area contributed by atoms with Gasteiger partial charge in [0.25, 0.3) is 0 Å². The summed E-state index contributed by atoms with van der Waals surface area (Å²) in [4.78, 5) is 8.54. The molecule has 0 saturated heterocycles. The fourth-order valence-corrected chi connectivity index (χ4v) is 2.30. The second kappa shape index (κ2) is 7.21. The number of pyridine rings is 1. The lowest BCUT2D eigenvalue weighted by molar-refractivity contribution is 0.300. The zero-order valence-electron chi connectivity index (χ0n) is 11.3. The first-order valence-electron chi connectivity index (χ1n) is 6.41. The molecule has 0 spiro atoms. The molecule has 0 aromatic carbocycles. The predicted octanol–water partition coefficient (Wildman–Crippen LogP) is 2.86. The molecule has 0 saturated carbocycles. The van der Waals surface area contributed by atoms with Crippen LogP contribution in [0.3, 0.4) is 0 Å². The maximum absolute atomic E-state index is 5.61. The van der Waals surface area contributed by atoms with Gasteiger partial charge in [-0.1, -0.05) is 13.8 Å². The van der Waals surface area contributed by atoms with Gasteiger partial charge >= 0.3 is 0 Å². The summed E-state index contributed by atoms with van der Waals surface area (Å²) in [6.07, 6.45) is 3.44. The smallest absolute Gasteiger partial charge is 0.138 e. The van der Waals surface area contributed by atoms with E-state index in [2.05, 4.69) is 29.1 Å². The molecule has 0 aliphatic heterocycles. The van der Waals surface area contributed by atoms with Crippen molar-refractivity contribution in [1.29, 1.82) is 0 Å². The Bertz CT molecular complexity index is 484. The van der Waals surface area contributed by atoms with Crippen LogP contribution < -0.4 is 10.1 Å². The summed E-state index contributed by atoms with van der Waals surface area (Å²) in [5, 5.41) is 6.53. The second-order valence-corrected chi connectivity index (χ2v) is 5.68. The number of nitrogens with one attached hydrogen (secondary N) is 1. The topological polar surface area (TPSA) is 47.0 Å². The van der Waals surface area contributed by atoms with Crippen LogP contribution in [0, 0.1) is 5.92 Å². The molecule has 2 rings (SSSR count). The first-order chi connectivity index (χ1) is 9.24. The number of hydrogen-bond acceptors (Lipinski definition) is 5. The minimum Gasteiger partial charge on any atom is -0.486 e. The van der Waals surface area contributed by atoms with Crippen LogP contribution in [0.4, 0.5) is 0 Å². The highest BCUT2D eigenvalue weighted by Gasteiger charge is 2.03. The molecule has 0 amide bonds. The molecule has 2 aromatic heterocycles. The van der Waals surface area contributed by atoms with Gasteiger partial charge < -0.3 is 10.1 Å². The van der Waals surface area contributed by atoms with Crippen molar-refractivity contribution in [1.82, 2.24) is 15.3 Å². The molecule has 0 atom stereocenters. The van der Waals surface area contributed by atoms with E-state index in [1.165, 1.54) is 0 Å². The maximum Gasteiger partial charge on any atom is 0.138 e. The summed E-state index contributed by atoms with van der Waals surface area (Å²) >= 11 is 1.67. The molecular weight excluding hydrogens is 258 g/mol. The fourth-order valence-electron chi connectivity index (χ4n) is 1.55. The van der Waals surface area contributed by atoms with E-state index in [1.807, 2.05) is 17.5 Å². The van der Waals surface area contributed by atoms with Gasteiger partial charge in [-0.05, 0) is 24.6 Å². The van der Waals surface area contributed by atoms with Crippen molar-refractivity contribution >= 4 is 11.3 Å². The van der Waals surface area contributed by atoms with Crippen LogP contribution in [0.25, 0.3) is 0 Å². The summed E-state index contributed by atoms with van der Waals surface area (Å²) in [6, 6.07) is 3.75. The van der Waals surface area contributed by atoms with Crippen molar-refractivity contribution in [2.45, 2.75) is 27.0 Å². The maximum atomic E-state index is 5.61. The SMILES string of the molecule is CC(C)CNCc1nc(COc2cccnc2)cs1.